The van der Waals surface area contributed by atoms with Gasteiger partial charge in [0.05, 0.1) is 17.5 Å². The zero-order chi connectivity index (χ0) is 12.9. The van der Waals surface area contributed by atoms with Crippen LogP contribution in [0.3, 0.4) is 0 Å². The Bertz CT molecular complexity index is 428. The molecule has 0 saturated heterocycles. The zero-order valence-corrected chi connectivity index (χ0v) is 11.2. The lowest BCUT2D eigenvalue weighted by Gasteiger charge is -2.19. The number of aromatic nitrogens is 1. The Labute approximate surface area is 105 Å². The lowest BCUT2D eigenvalue weighted by Crippen LogP contribution is -2.29. The fourth-order valence-corrected chi connectivity index (χ4v) is 1.47. The molecule has 0 aromatic carbocycles. The van der Waals surface area contributed by atoms with Gasteiger partial charge in [-0.05, 0) is 32.9 Å². The largest absolute Gasteiger partial charge is 0.443 e. The van der Waals surface area contributed by atoms with E-state index in [9.17, 15) is 4.79 Å². The number of carbonyl (C=O) groups is 1. The fourth-order valence-electron chi connectivity index (χ4n) is 1.00. The van der Waals surface area contributed by atoms with Crippen LogP contribution in [0, 0.1) is 0 Å². The van der Waals surface area contributed by atoms with E-state index in [-0.39, 0.29) is 0 Å². The highest BCUT2D eigenvalue weighted by Crippen LogP contribution is 2.08. The van der Waals surface area contributed by atoms with Gasteiger partial charge in [0, 0.05) is 19.4 Å². The van der Waals surface area contributed by atoms with Crippen LogP contribution in [0.2, 0.25) is 0 Å². The second-order valence-electron chi connectivity index (χ2n) is 4.34. The maximum Gasteiger partial charge on any atom is 0.419 e. The van der Waals surface area contributed by atoms with Gasteiger partial charge in [-0.2, -0.15) is 0 Å². The molecule has 1 aromatic heterocycles. The van der Waals surface area contributed by atoms with Gasteiger partial charge >= 0.3 is 6.09 Å². The second kappa shape index (κ2) is 5.77. The smallest absolute Gasteiger partial charge is 0.419 e. The normalized spacial score (nSPS) is 10.8. The van der Waals surface area contributed by atoms with Crippen LogP contribution in [0.4, 0.5) is 4.79 Å². The first-order valence-corrected chi connectivity index (χ1v) is 5.95. The molecule has 1 aromatic rings. The molecule has 1 N–H and O–H groups in total. The Morgan fingerprint density at radius 2 is 2.00 bits per heavy atom. The van der Waals surface area contributed by atoms with Crippen LogP contribution in [0.25, 0.3) is 0 Å². The first-order valence-electron chi connectivity index (χ1n) is 5.18. The van der Waals surface area contributed by atoms with Crippen molar-refractivity contribution in [1.29, 1.82) is 0 Å². The number of rotatable bonds is 2. The Morgan fingerprint density at radius 1 is 1.41 bits per heavy atom. The van der Waals surface area contributed by atoms with Crippen LogP contribution in [0.5, 0.6) is 0 Å². The van der Waals surface area contributed by atoms with E-state index in [1.54, 1.807) is 11.0 Å². The molecule has 0 saturated carbocycles. The summed E-state index contributed by atoms with van der Waals surface area (Å²) in [6, 6.07) is 3.70. The summed E-state index contributed by atoms with van der Waals surface area (Å²) in [7, 11) is 1.73. The summed E-state index contributed by atoms with van der Waals surface area (Å²) >= 11 is 1.14. The van der Waals surface area contributed by atoms with Gasteiger partial charge < -0.3 is 4.74 Å². The summed E-state index contributed by atoms with van der Waals surface area (Å²) < 4.78 is 9.43. The van der Waals surface area contributed by atoms with Gasteiger partial charge in [0.25, 0.3) is 0 Å². The quantitative estimate of drug-likeness (QED) is 0.822. The third-order valence-electron chi connectivity index (χ3n) is 1.68. The molecule has 17 heavy (non-hydrogen) atoms. The molecule has 0 atom stereocenters. The summed E-state index contributed by atoms with van der Waals surface area (Å²) in [5, 5.41) is 0.888. The third kappa shape index (κ3) is 5.44. The number of hydrogen-bond donors (Lipinski definition) is 1. The number of amides is 1. The maximum absolute atomic E-state index is 11.4. The Morgan fingerprint density at radius 3 is 2.47 bits per heavy atom. The number of hydrogen-bond acceptors (Lipinski definition) is 4. The van der Waals surface area contributed by atoms with Crippen molar-refractivity contribution in [2.45, 2.75) is 26.4 Å². The van der Waals surface area contributed by atoms with E-state index in [0.29, 0.717) is 0 Å². The number of ether oxygens (including phenoxy) is 1. The molecule has 0 unspecified atom stereocenters. The van der Waals surface area contributed by atoms with E-state index < -0.39 is 11.7 Å². The van der Waals surface area contributed by atoms with E-state index >= 15 is 0 Å². The highest BCUT2D eigenvalue weighted by Gasteiger charge is 2.15. The molecular formula is C11H17N3O2S. The average Bonchev–Trinajstić information content (AvgIpc) is 2.25. The lowest BCUT2D eigenvalue weighted by atomic mass is 10.2. The van der Waals surface area contributed by atoms with Crippen LogP contribution in [-0.4, -0.2) is 22.7 Å². The molecule has 0 spiro atoms. The number of carbonyl (C=O) groups excluding carboxylic acids is 1. The van der Waals surface area contributed by atoms with E-state index in [4.69, 9.17) is 4.74 Å². The molecule has 6 heteroatoms. The number of nitrogens with one attached hydrogen (secondary N) is 1. The molecule has 0 bridgehead atoms. The van der Waals surface area contributed by atoms with Crippen molar-refractivity contribution in [2.75, 3.05) is 7.05 Å². The van der Waals surface area contributed by atoms with Gasteiger partial charge in [0.15, 0.2) is 0 Å². The van der Waals surface area contributed by atoms with Crippen LogP contribution in [0.15, 0.2) is 29.5 Å². The summed E-state index contributed by atoms with van der Waals surface area (Å²) in [6.07, 6.45) is 3.16. The Hall–Kier alpha value is -1.43. The van der Waals surface area contributed by atoms with Crippen molar-refractivity contribution in [2.24, 2.45) is 4.99 Å². The van der Waals surface area contributed by atoms with Crippen molar-refractivity contribution in [3.05, 3.63) is 29.9 Å². The van der Waals surface area contributed by atoms with E-state index in [0.717, 1.165) is 17.5 Å². The van der Waals surface area contributed by atoms with Crippen molar-refractivity contribution in [3.63, 3.8) is 0 Å². The molecule has 1 amide bonds. The second-order valence-corrected chi connectivity index (χ2v) is 5.14. The summed E-state index contributed by atoms with van der Waals surface area (Å²) in [4.78, 5) is 15.4. The van der Waals surface area contributed by atoms with E-state index in [1.165, 1.54) is 0 Å². The number of nitrogens with zero attached hydrogens (tertiary/aromatic N) is 2. The first-order chi connectivity index (χ1) is 7.90. The molecule has 1 rings (SSSR count). The van der Waals surface area contributed by atoms with Gasteiger partial charge in [0.1, 0.15) is 5.60 Å². The lowest BCUT2D eigenvalue weighted by molar-refractivity contribution is 0.0574. The van der Waals surface area contributed by atoms with Crippen molar-refractivity contribution in [3.8, 4) is 0 Å². The molecule has 5 nitrogen and oxygen atoms in total. The number of pyridine rings is 1. The Balaban J connectivity index is 2.48. The van der Waals surface area contributed by atoms with Crippen LogP contribution in [0.1, 0.15) is 20.8 Å². The van der Waals surface area contributed by atoms with Crippen molar-refractivity contribution < 1.29 is 9.53 Å². The molecule has 0 aliphatic heterocycles. The minimum Gasteiger partial charge on any atom is -0.443 e. The molecule has 0 radical (unpaired) electrons. The van der Waals surface area contributed by atoms with E-state index in [2.05, 4.69) is 9.71 Å². The van der Waals surface area contributed by atoms with Gasteiger partial charge in [0.2, 0.25) is 0 Å². The molecule has 1 heterocycles. The van der Waals surface area contributed by atoms with Gasteiger partial charge in [-0.15, -0.1) is 0 Å². The van der Waals surface area contributed by atoms with Gasteiger partial charge in [-0.25, -0.2) is 9.52 Å². The maximum atomic E-state index is 11.4. The van der Waals surface area contributed by atoms with Gasteiger partial charge in [-0.1, -0.05) is 0 Å². The molecule has 0 fully saturated rings. The minimum atomic E-state index is -0.486. The average molecular weight is 255 g/mol. The van der Waals surface area contributed by atoms with Gasteiger partial charge in [-0.3, -0.25) is 8.96 Å². The molecule has 94 valence electrons. The van der Waals surface area contributed by atoms with Crippen molar-refractivity contribution >= 4 is 18.2 Å². The standard InChI is InChI=1S/C11H17N3O2S/c1-11(2,3)16-10(15)13-17-14-7-5-9(12-4)6-8-14/h5-8H,1-4H3,(H,13,15). The predicted molar refractivity (Wildman–Crippen MR) is 68.3 cm³/mol. The van der Waals surface area contributed by atoms with Crippen LogP contribution < -0.4 is 10.1 Å². The molecule has 0 aliphatic rings. The monoisotopic (exact) mass is 255 g/mol. The first kappa shape index (κ1) is 13.6. The summed E-state index contributed by atoms with van der Waals surface area (Å²) in [6.45, 7) is 5.46. The van der Waals surface area contributed by atoms with Crippen molar-refractivity contribution in [1.82, 2.24) is 8.69 Å². The zero-order valence-electron chi connectivity index (χ0n) is 10.4. The topological polar surface area (TPSA) is 55.6 Å². The molecular weight excluding hydrogens is 238 g/mol. The highest BCUT2D eigenvalue weighted by molar-refractivity contribution is 7.96. The minimum absolute atomic E-state index is 0.459. The fraction of sp³-hybridized carbons (Fsp3) is 0.455. The highest BCUT2D eigenvalue weighted by atomic mass is 32.2. The third-order valence-corrected chi connectivity index (χ3v) is 2.39. The summed E-state index contributed by atoms with van der Waals surface area (Å²) in [5.74, 6) is 0. The van der Waals surface area contributed by atoms with Crippen LogP contribution >= 0.6 is 12.1 Å². The summed E-state index contributed by atoms with van der Waals surface area (Å²) in [5.41, 5.74) is -0.486. The van der Waals surface area contributed by atoms with E-state index in [1.807, 2.05) is 45.3 Å². The molecule has 0 aliphatic carbocycles. The SMILES string of the molecule is CN=c1ccn(SNC(=O)OC(C)(C)C)cc1. The predicted octanol–water partition coefficient (Wildman–Crippen LogP) is 1.95. The Kier molecular flexibility index (Phi) is 4.62. The van der Waals surface area contributed by atoms with Crippen LogP contribution in [-0.2, 0) is 4.74 Å².